The fourth-order valence-corrected chi connectivity index (χ4v) is 3.77. The second-order valence-electron chi connectivity index (χ2n) is 6.46. The molecule has 1 aliphatic heterocycles. The van der Waals surface area contributed by atoms with Crippen LogP contribution in [0.3, 0.4) is 0 Å². The largest absolute Gasteiger partial charge is 0.479 e. The van der Waals surface area contributed by atoms with Gasteiger partial charge in [-0.15, -0.1) is 0 Å². The number of fused-ring (bicyclic) bond motifs is 1. The Balaban J connectivity index is 1.96. The Morgan fingerprint density at radius 3 is 2.57 bits per heavy atom. The van der Waals surface area contributed by atoms with Gasteiger partial charge in [0.15, 0.2) is 6.04 Å². The predicted molar refractivity (Wildman–Crippen MR) is 78.8 cm³/mol. The van der Waals surface area contributed by atoms with E-state index in [1.165, 1.54) is 0 Å². The number of carboxylic acid groups (broad SMARTS) is 1. The first kappa shape index (κ1) is 14.1. The molecule has 2 aliphatic rings. The van der Waals surface area contributed by atoms with Crippen molar-refractivity contribution in [3.8, 4) is 0 Å². The lowest BCUT2D eigenvalue weighted by atomic mass is 9.84. The van der Waals surface area contributed by atoms with Crippen molar-refractivity contribution in [2.24, 2.45) is 5.41 Å². The van der Waals surface area contributed by atoms with Crippen LogP contribution < -0.4 is 0 Å². The molecule has 0 spiro atoms. The minimum atomic E-state index is -0.933. The van der Waals surface area contributed by atoms with Crippen molar-refractivity contribution in [3.63, 3.8) is 0 Å². The molecule has 0 radical (unpaired) electrons. The molecule has 112 valence electrons. The lowest BCUT2D eigenvalue weighted by Crippen LogP contribution is -2.48. The van der Waals surface area contributed by atoms with E-state index in [2.05, 4.69) is 0 Å². The SMILES string of the molecule is CC1(C(=O)N2CCc3ccccc3C2C(=O)O)CCCC1. The summed E-state index contributed by atoms with van der Waals surface area (Å²) in [6.45, 7) is 2.49. The van der Waals surface area contributed by atoms with Gasteiger partial charge >= 0.3 is 5.97 Å². The zero-order valence-electron chi connectivity index (χ0n) is 12.3. The second kappa shape index (κ2) is 5.17. The van der Waals surface area contributed by atoms with Gasteiger partial charge < -0.3 is 10.0 Å². The monoisotopic (exact) mass is 287 g/mol. The van der Waals surface area contributed by atoms with E-state index in [0.29, 0.717) is 6.54 Å². The highest BCUT2D eigenvalue weighted by atomic mass is 16.4. The van der Waals surface area contributed by atoms with Crippen LogP contribution in [-0.2, 0) is 16.0 Å². The number of carbonyl (C=O) groups is 2. The summed E-state index contributed by atoms with van der Waals surface area (Å²) in [7, 11) is 0. The van der Waals surface area contributed by atoms with Gasteiger partial charge in [0.2, 0.25) is 5.91 Å². The molecule has 1 N–H and O–H groups in total. The van der Waals surface area contributed by atoms with E-state index in [9.17, 15) is 14.7 Å². The topological polar surface area (TPSA) is 57.6 Å². The van der Waals surface area contributed by atoms with Crippen LogP contribution in [0, 0.1) is 5.41 Å². The van der Waals surface area contributed by atoms with Crippen molar-refractivity contribution in [1.29, 1.82) is 0 Å². The van der Waals surface area contributed by atoms with Gasteiger partial charge in [-0.05, 0) is 30.4 Å². The summed E-state index contributed by atoms with van der Waals surface area (Å²) in [6.07, 6.45) is 4.60. The highest BCUT2D eigenvalue weighted by Gasteiger charge is 2.44. The zero-order valence-corrected chi connectivity index (χ0v) is 12.3. The van der Waals surface area contributed by atoms with Crippen molar-refractivity contribution in [3.05, 3.63) is 35.4 Å². The molecule has 0 aromatic heterocycles. The highest BCUT2D eigenvalue weighted by Crippen LogP contribution is 2.42. The van der Waals surface area contributed by atoms with Crippen LogP contribution in [0.15, 0.2) is 24.3 Å². The zero-order chi connectivity index (χ0) is 15.0. The Bertz CT molecular complexity index is 575. The lowest BCUT2D eigenvalue weighted by molar-refractivity contribution is -0.155. The third kappa shape index (κ3) is 2.33. The number of rotatable bonds is 2. The summed E-state index contributed by atoms with van der Waals surface area (Å²) in [5.41, 5.74) is 1.44. The van der Waals surface area contributed by atoms with Crippen molar-refractivity contribution in [2.45, 2.75) is 45.1 Å². The minimum Gasteiger partial charge on any atom is -0.479 e. The summed E-state index contributed by atoms with van der Waals surface area (Å²) in [5.74, 6) is -0.918. The van der Waals surface area contributed by atoms with E-state index in [4.69, 9.17) is 0 Å². The molecular formula is C17H21NO3. The number of aliphatic carboxylic acids is 1. The van der Waals surface area contributed by atoms with Gasteiger partial charge in [-0.2, -0.15) is 0 Å². The molecule has 4 heteroatoms. The standard InChI is InChI=1S/C17H21NO3/c1-17(9-4-5-10-17)16(21)18-11-8-12-6-2-3-7-13(12)14(18)15(19)20/h2-3,6-7,14H,4-5,8-11H2,1H3,(H,19,20). The van der Waals surface area contributed by atoms with Gasteiger partial charge in [-0.3, -0.25) is 4.79 Å². The Hall–Kier alpha value is -1.84. The molecule has 21 heavy (non-hydrogen) atoms. The van der Waals surface area contributed by atoms with Crippen LogP contribution in [0.4, 0.5) is 0 Å². The first-order valence-corrected chi connectivity index (χ1v) is 7.65. The number of benzene rings is 1. The molecule has 1 unspecified atom stereocenters. The Morgan fingerprint density at radius 2 is 1.90 bits per heavy atom. The van der Waals surface area contributed by atoms with Crippen LogP contribution in [0.25, 0.3) is 0 Å². The smallest absolute Gasteiger partial charge is 0.331 e. The van der Waals surface area contributed by atoms with Crippen LogP contribution in [0.5, 0.6) is 0 Å². The van der Waals surface area contributed by atoms with E-state index in [1.807, 2.05) is 31.2 Å². The van der Waals surface area contributed by atoms with Gasteiger partial charge in [-0.1, -0.05) is 44.0 Å². The number of hydrogen-bond acceptors (Lipinski definition) is 2. The van der Waals surface area contributed by atoms with E-state index >= 15 is 0 Å². The molecule has 1 saturated carbocycles. The Morgan fingerprint density at radius 1 is 1.24 bits per heavy atom. The van der Waals surface area contributed by atoms with E-state index in [0.717, 1.165) is 43.2 Å². The molecule has 1 aromatic carbocycles. The van der Waals surface area contributed by atoms with E-state index < -0.39 is 12.0 Å². The van der Waals surface area contributed by atoms with E-state index in [1.54, 1.807) is 4.90 Å². The van der Waals surface area contributed by atoms with Crippen LogP contribution in [0.1, 0.15) is 49.8 Å². The van der Waals surface area contributed by atoms with Crippen molar-refractivity contribution in [2.75, 3.05) is 6.54 Å². The molecule has 0 bridgehead atoms. The summed E-state index contributed by atoms with van der Waals surface area (Å²) in [6, 6.07) is 6.74. The first-order chi connectivity index (χ1) is 10.0. The van der Waals surface area contributed by atoms with Gasteiger partial charge in [0.05, 0.1) is 0 Å². The Labute approximate surface area is 124 Å². The molecule has 1 fully saturated rings. The third-order valence-electron chi connectivity index (χ3n) is 5.00. The maximum Gasteiger partial charge on any atom is 0.331 e. The molecule has 1 aliphatic carbocycles. The predicted octanol–water partition coefficient (Wildman–Crippen LogP) is 2.78. The minimum absolute atomic E-state index is 0.0157. The number of hydrogen-bond donors (Lipinski definition) is 1. The number of carbonyl (C=O) groups excluding carboxylic acids is 1. The van der Waals surface area contributed by atoms with E-state index in [-0.39, 0.29) is 11.3 Å². The Kier molecular flexibility index (Phi) is 3.47. The second-order valence-corrected chi connectivity index (χ2v) is 6.46. The lowest BCUT2D eigenvalue weighted by Gasteiger charge is -2.39. The summed E-state index contributed by atoms with van der Waals surface area (Å²) >= 11 is 0. The van der Waals surface area contributed by atoms with Gasteiger partial charge in [0.1, 0.15) is 0 Å². The highest BCUT2D eigenvalue weighted by molar-refractivity contribution is 5.89. The van der Waals surface area contributed by atoms with Gasteiger partial charge in [0.25, 0.3) is 0 Å². The summed E-state index contributed by atoms with van der Waals surface area (Å²) in [5, 5.41) is 9.64. The summed E-state index contributed by atoms with van der Waals surface area (Å²) in [4.78, 5) is 26.3. The summed E-state index contributed by atoms with van der Waals surface area (Å²) < 4.78 is 0. The molecule has 4 nitrogen and oxygen atoms in total. The fourth-order valence-electron chi connectivity index (χ4n) is 3.77. The quantitative estimate of drug-likeness (QED) is 0.910. The molecule has 0 saturated heterocycles. The average Bonchev–Trinajstić information content (AvgIpc) is 2.93. The van der Waals surface area contributed by atoms with Crippen LogP contribution in [0.2, 0.25) is 0 Å². The molecule has 1 aromatic rings. The van der Waals surface area contributed by atoms with Crippen LogP contribution >= 0.6 is 0 Å². The molecule has 1 heterocycles. The maximum atomic E-state index is 12.9. The van der Waals surface area contributed by atoms with Crippen LogP contribution in [-0.4, -0.2) is 28.4 Å². The molecule has 1 amide bonds. The molecule has 3 rings (SSSR count). The first-order valence-electron chi connectivity index (χ1n) is 7.65. The fraction of sp³-hybridized carbons (Fsp3) is 0.529. The van der Waals surface area contributed by atoms with Crippen molar-refractivity contribution >= 4 is 11.9 Å². The maximum absolute atomic E-state index is 12.9. The number of amides is 1. The van der Waals surface area contributed by atoms with Gasteiger partial charge in [-0.25, -0.2) is 4.79 Å². The normalized spacial score (nSPS) is 23.7. The molecular weight excluding hydrogens is 266 g/mol. The average molecular weight is 287 g/mol. The van der Waals surface area contributed by atoms with Gasteiger partial charge in [0, 0.05) is 12.0 Å². The third-order valence-corrected chi connectivity index (χ3v) is 5.00. The number of carboxylic acids is 1. The molecule has 1 atom stereocenters. The number of nitrogens with zero attached hydrogens (tertiary/aromatic N) is 1. The van der Waals surface area contributed by atoms with Crippen molar-refractivity contribution < 1.29 is 14.7 Å². The van der Waals surface area contributed by atoms with Crippen molar-refractivity contribution in [1.82, 2.24) is 4.90 Å².